The van der Waals surface area contributed by atoms with E-state index in [2.05, 4.69) is 71.8 Å². The number of hydrogen-bond acceptors (Lipinski definition) is 6. The van der Waals surface area contributed by atoms with Gasteiger partial charge in [-0.3, -0.25) is 0 Å². The topological polar surface area (TPSA) is 53.1 Å². The second-order valence-electron chi connectivity index (χ2n) is 9.78. The molecule has 3 aromatic rings. The summed E-state index contributed by atoms with van der Waals surface area (Å²) in [5.74, 6) is 3.46. The maximum Gasteiger partial charge on any atom is 0.228 e. The first-order valence-corrected chi connectivity index (χ1v) is 13.9. The standard InChI is InChI=1S/C27H34ClN5S/c1-19-8-9-23-22(16-19)25(29-18-27(11-5-12-27)32-20(2)10-13-28)31-26(30-23)33-14-15-34-24-7-4-3-6-21(24)17-33/h3-4,6-9,16,20,32H,5,10-15,17-18H2,1-2H3,(H,29,30,31). The van der Waals surface area contributed by atoms with Gasteiger partial charge in [0.05, 0.1) is 5.52 Å². The van der Waals surface area contributed by atoms with Crippen molar-refractivity contribution in [2.24, 2.45) is 0 Å². The summed E-state index contributed by atoms with van der Waals surface area (Å²) >= 11 is 7.92. The van der Waals surface area contributed by atoms with E-state index in [1.807, 2.05) is 11.8 Å². The molecule has 1 aliphatic carbocycles. The van der Waals surface area contributed by atoms with Crippen molar-refractivity contribution in [3.05, 3.63) is 53.6 Å². The first-order chi connectivity index (χ1) is 16.5. The molecule has 2 aliphatic rings. The number of nitrogens with zero attached hydrogens (tertiary/aromatic N) is 3. The van der Waals surface area contributed by atoms with Gasteiger partial charge in [0, 0.05) is 53.1 Å². The molecule has 34 heavy (non-hydrogen) atoms. The van der Waals surface area contributed by atoms with Gasteiger partial charge < -0.3 is 15.5 Å². The van der Waals surface area contributed by atoms with Crippen molar-refractivity contribution in [2.45, 2.75) is 62.6 Å². The Balaban J connectivity index is 1.43. The summed E-state index contributed by atoms with van der Waals surface area (Å²) in [6.45, 7) is 6.99. The minimum Gasteiger partial charge on any atom is -0.368 e. The molecule has 1 aliphatic heterocycles. The van der Waals surface area contributed by atoms with Crippen LogP contribution in [0.3, 0.4) is 0 Å². The fraction of sp³-hybridized carbons (Fsp3) is 0.481. The van der Waals surface area contributed by atoms with Gasteiger partial charge in [0.25, 0.3) is 0 Å². The number of alkyl halides is 1. The zero-order chi connectivity index (χ0) is 23.5. The number of fused-ring (bicyclic) bond motifs is 2. The highest BCUT2D eigenvalue weighted by molar-refractivity contribution is 7.99. The number of halogens is 1. The highest BCUT2D eigenvalue weighted by atomic mass is 35.5. The number of aryl methyl sites for hydroxylation is 1. The molecule has 1 fully saturated rings. The van der Waals surface area contributed by atoms with Crippen LogP contribution in [-0.4, -0.2) is 46.3 Å². The van der Waals surface area contributed by atoms with Crippen LogP contribution in [-0.2, 0) is 6.54 Å². The lowest BCUT2D eigenvalue weighted by Gasteiger charge is -2.45. The number of benzene rings is 2. The number of hydrogen-bond donors (Lipinski definition) is 2. The monoisotopic (exact) mass is 495 g/mol. The van der Waals surface area contributed by atoms with E-state index in [-0.39, 0.29) is 5.54 Å². The third-order valence-electron chi connectivity index (χ3n) is 7.07. The Morgan fingerprint density at radius 3 is 2.82 bits per heavy atom. The molecule has 1 saturated carbocycles. The molecule has 0 saturated heterocycles. The normalized spacial score (nSPS) is 18.1. The van der Waals surface area contributed by atoms with Gasteiger partial charge in [0.1, 0.15) is 5.82 Å². The number of rotatable bonds is 8. The molecule has 2 heterocycles. The lowest BCUT2D eigenvalue weighted by molar-refractivity contribution is 0.179. The average molecular weight is 496 g/mol. The largest absolute Gasteiger partial charge is 0.368 e. The van der Waals surface area contributed by atoms with Crippen molar-refractivity contribution in [2.75, 3.05) is 34.9 Å². The molecule has 1 atom stereocenters. The number of aromatic nitrogens is 2. The average Bonchev–Trinajstić information content (AvgIpc) is 3.03. The van der Waals surface area contributed by atoms with Crippen LogP contribution in [0.15, 0.2) is 47.4 Å². The molecule has 2 aromatic carbocycles. The maximum absolute atomic E-state index is 6.00. The van der Waals surface area contributed by atoms with Crippen LogP contribution in [0.5, 0.6) is 0 Å². The molecule has 1 aromatic heterocycles. The smallest absolute Gasteiger partial charge is 0.228 e. The zero-order valence-corrected chi connectivity index (χ0v) is 21.7. The van der Waals surface area contributed by atoms with Crippen molar-refractivity contribution in [3.63, 3.8) is 0 Å². The maximum atomic E-state index is 6.00. The first-order valence-electron chi connectivity index (χ1n) is 12.4. The van der Waals surface area contributed by atoms with Gasteiger partial charge in [-0.25, -0.2) is 4.98 Å². The fourth-order valence-electron chi connectivity index (χ4n) is 4.99. The Morgan fingerprint density at radius 2 is 2.03 bits per heavy atom. The van der Waals surface area contributed by atoms with Crippen molar-refractivity contribution >= 4 is 46.0 Å². The molecule has 5 rings (SSSR count). The molecular formula is C27H34ClN5S. The zero-order valence-electron chi connectivity index (χ0n) is 20.1. The van der Waals surface area contributed by atoms with Crippen molar-refractivity contribution < 1.29 is 0 Å². The second kappa shape index (κ2) is 10.3. The van der Waals surface area contributed by atoms with Gasteiger partial charge in [-0.1, -0.05) is 29.8 Å². The molecule has 5 nitrogen and oxygen atoms in total. The second-order valence-corrected chi connectivity index (χ2v) is 11.3. The van der Waals surface area contributed by atoms with Gasteiger partial charge in [-0.15, -0.1) is 23.4 Å². The molecule has 1 unspecified atom stereocenters. The molecule has 2 N–H and O–H groups in total. The van der Waals surface area contributed by atoms with E-state index >= 15 is 0 Å². The molecular weight excluding hydrogens is 462 g/mol. The van der Waals surface area contributed by atoms with E-state index in [0.29, 0.717) is 11.9 Å². The first kappa shape index (κ1) is 23.7. The molecule has 0 radical (unpaired) electrons. The van der Waals surface area contributed by atoms with Gasteiger partial charge in [0.15, 0.2) is 0 Å². The fourth-order valence-corrected chi connectivity index (χ4v) is 6.34. The Labute approximate surface area is 212 Å². The van der Waals surface area contributed by atoms with Crippen LogP contribution in [0, 0.1) is 6.92 Å². The molecule has 7 heteroatoms. The summed E-state index contributed by atoms with van der Waals surface area (Å²) in [5, 5.41) is 8.69. The number of nitrogens with one attached hydrogen (secondary N) is 2. The SMILES string of the molecule is Cc1ccc2nc(N3CCSc4ccccc4C3)nc(NCC3(NC(C)CCCl)CCC3)c2c1. The van der Waals surface area contributed by atoms with E-state index < -0.39 is 0 Å². The quantitative estimate of drug-likeness (QED) is 0.374. The number of thioether (sulfide) groups is 1. The predicted molar refractivity (Wildman–Crippen MR) is 145 cm³/mol. The molecule has 0 amide bonds. The van der Waals surface area contributed by atoms with Crippen LogP contribution in [0.1, 0.15) is 43.7 Å². The highest BCUT2D eigenvalue weighted by Crippen LogP contribution is 2.35. The van der Waals surface area contributed by atoms with E-state index in [1.165, 1.54) is 35.3 Å². The summed E-state index contributed by atoms with van der Waals surface area (Å²) in [5.41, 5.74) is 3.68. The third-order valence-corrected chi connectivity index (χ3v) is 8.39. The third kappa shape index (κ3) is 5.14. The summed E-state index contributed by atoms with van der Waals surface area (Å²) in [6.07, 6.45) is 4.61. The van der Waals surface area contributed by atoms with Crippen molar-refractivity contribution in [3.8, 4) is 0 Å². The van der Waals surface area contributed by atoms with Crippen LogP contribution in [0.4, 0.5) is 11.8 Å². The molecule has 0 spiro atoms. The predicted octanol–water partition coefficient (Wildman–Crippen LogP) is 5.99. The highest BCUT2D eigenvalue weighted by Gasteiger charge is 2.37. The summed E-state index contributed by atoms with van der Waals surface area (Å²) < 4.78 is 0. The molecule has 180 valence electrons. The Morgan fingerprint density at radius 1 is 1.18 bits per heavy atom. The summed E-state index contributed by atoms with van der Waals surface area (Å²) in [4.78, 5) is 13.8. The minimum absolute atomic E-state index is 0.116. The van der Waals surface area contributed by atoms with Gasteiger partial charge in [0.2, 0.25) is 5.95 Å². The minimum atomic E-state index is 0.116. The van der Waals surface area contributed by atoms with Crippen molar-refractivity contribution in [1.29, 1.82) is 0 Å². The number of anilines is 2. The molecule has 0 bridgehead atoms. The van der Waals surface area contributed by atoms with Gasteiger partial charge in [-0.05, 0) is 63.3 Å². The van der Waals surface area contributed by atoms with E-state index in [4.69, 9.17) is 21.6 Å². The van der Waals surface area contributed by atoms with Gasteiger partial charge in [-0.2, -0.15) is 4.98 Å². The Bertz CT molecular complexity index is 1150. The van der Waals surface area contributed by atoms with Gasteiger partial charge >= 0.3 is 0 Å². The summed E-state index contributed by atoms with van der Waals surface area (Å²) in [7, 11) is 0. The lowest BCUT2D eigenvalue weighted by Crippen LogP contribution is -2.58. The summed E-state index contributed by atoms with van der Waals surface area (Å²) in [6, 6.07) is 15.6. The van der Waals surface area contributed by atoms with E-state index in [9.17, 15) is 0 Å². The van der Waals surface area contributed by atoms with Crippen LogP contribution >= 0.6 is 23.4 Å². The van der Waals surface area contributed by atoms with Crippen LogP contribution in [0.25, 0.3) is 10.9 Å². The van der Waals surface area contributed by atoms with Crippen LogP contribution < -0.4 is 15.5 Å². The Hall–Kier alpha value is -2.02. The van der Waals surface area contributed by atoms with E-state index in [0.717, 1.165) is 54.5 Å². The van der Waals surface area contributed by atoms with Crippen LogP contribution in [0.2, 0.25) is 0 Å². The van der Waals surface area contributed by atoms with Crippen molar-refractivity contribution in [1.82, 2.24) is 15.3 Å². The Kier molecular flexibility index (Phi) is 7.19. The lowest BCUT2D eigenvalue weighted by atomic mass is 9.76. The van der Waals surface area contributed by atoms with E-state index in [1.54, 1.807) is 0 Å².